The number of hydrogen-bond donors (Lipinski definition) is 1. The first-order valence-electron chi connectivity index (χ1n) is 4.69. The summed E-state index contributed by atoms with van der Waals surface area (Å²) in [6.45, 7) is 0. The van der Waals surface area contributed by atoms with E-state index in [1.165, 1.54) is 9.25 Å². The summed E-state index contributed by atoms with van der Waals surface area (Å²) < 4.78 is 7.56. The van der Waals surface area contributed by atoms with Crippen molar-refractivity contribution in [1.29, 1.82) is 0 Å². The molecule has 6 heteroatoms. The van der Waals surface area contributed by atoms with E-state index < -0.39 is 0 Å². The molecule has 0 saturated heterocycles. The number of ether oxygens (including phenoxy) is 1. The Kier molecular flexibility index (Phi) is 2.40. The molecular formula is C10H12N4O2. The summed E-state index contributed by atoms with van der Waals surface area (Å²) in [5.74, 6) is 0.886. The molecule has 0 aliphatic heterocycles. The minimum Gasteiger partial charge on any atom is -0.497 e. The van der Waals surface area contributed by atoms with Gasteiger partial charge in [0.1, 0.15) is 5.75 Å². The summed E-state index contributed by atoms with van der Waals surface area (Å²) in [4.78, 5) is 11.7. The number of aromatic nitrogens is 3. The smallest absolute Gasteiger partial charge is 0.351 e. The minimum absolute atomic E-state index is 0.165. The first-order chi connectivity index (χ1) is 7.63. The number of nitrogens with two attached hydrogens (primary N) is 1. The van der Waals surface area contributed by atoms with Crippen molar-refractivity contribution in [3.63, 3.8) is 0 Å². The van der Waals surface area contributed by atoms with Gasteiger partial charge in [-0.05, 0) is 24.3 Å². The summed E-state index contributed by atoms with van der Waals surface area (Å²) in [5.41, 5.74) is 6.03. The van der Waals surface area contributed by atoms with E-state index in [9.17, 15) is 4.79 Å². The molecule has 1 heterocycles. The maximum atomic E-state index is 11.7. The van der Waals surface area contributed by atoms with E-state index in [0.29, 0.717) is 5.69 Å². The van der Waals surface area contributed by atoms with Gasteiger partial charge in [0.2, 0.25) is 5.95 Å². The fourth-order valence-corrected chi connectivity index (χ4v) is 1.46. The molecule has 0 amide bonds. The predicted molar refractivity (Wildman–Crippen MR) is 59.8 cm³/mol. The van der Waals surface area contributed by atoms with Crippen molar-refractivity contribution >= 4 is 5.95 Å². The van der Waals surface area contributed by atoms with Crippen molar-refractivity contribution in [3.05, 3.63) is 34.7 Å². The zero-order valence-electron chi connectivity index (χ0n) is 9.04. The van der Waals surface area contributed by atoms with Crippen LogP contribution >= 0.6 is 0 Å². The van der Waals surface area contributed by atoms with Crippen LogP contribution in [-0.2, 0) is 7.05 Å². The predicted octanol–water partition coefficient (Wildman–Crippen LogP) is 0.162. The van der Waals surface area contributed by atoms with Crippen molar-refractivity contribution in [1.82, 2.24) is 14.3 Å². The number of anilines is 1. The van der Waals surface area contributed by atoms with E-state index in [4.69, 9.17) is 10.5 Å². The first-order valence-corrected chi connectivity index (χ1v) is 4.69. The molecule has 0 aliphatic carbocycles. The monoisotopic (exact) mass is 220 g/mol. The number of nitrogen functional groups attached to an aromatic ring is 1. The van der Waals surface area contributed by atoms with E-state index in [0.717, 1.165) is 5.75 Å². The lowest BCUT2D eigenvalue weighted by atomic mass is 10.3. The van der Waals surface area contributed by atoms with Crippen LogP contribution in [0.15, 0.2) is 29.1 Å². The third-order valence-electron chi connectivity index (χ3n) is 2.28. The third kappa shape index (κ3) is 1.54. The Balaban J connectivity index is 2.54. The molecule has 0 spiro atoms. The number of nitrogens with zero attached hydrogens (tertiary/aromatic N) is 3. The zero-order valence-corrected chi connectivity index (χ0v) is 9.04. The van der Waals surface area contributed by atoms with E-state index in [1.807, 2.05) is 0 Å². The third-order valence-corrected chi connectivity index (χ3v) is 2.28. The maximum absolute atomic E-state index is 11.7. The largest absolute Gasteiger partial charge is 0.497 e. The van der Waals surface area contributed by atoms with Gasteiger partial charge < -0.3 is 10.5 Å². The topological polar surface area (TPSA) is 75.1 Å². The molecule has 0 fully saturated rings. The molecule has 0 saturated carbocycles. The van der Waals surface area contributed by atoms with Crippen LogP contribution in [0, 0.1) is 0 Å². The molecular weight excluding hydrogens is 208 g/mol. The number of benzene rings is 1. The fourth-order valence-electron chi connectivity index (χ4n) is 1.46. The highest BCUT2D eigenvalue weighted by Gasteiger charge is 2.09. The average Bonchev–Trinajstić information content (AvgIpc) is 2.54. The molecule has 2 N–H and O–H groups in total. The fraction of sp³-hybridized carbons (Fsp3) is 0.200. The van der Waals surface area contributed by atoms with Crippen LogP contribution in [0.1, 0.15) is 0 Å². The van der Waals surface area contributed by atoms with Gasteiger partial charge in [0.05, 0.1) is 12.8 Å². The first kappa shape index (κ1) is 10.3. The van der Waals surface area contributed by atoms with Crippen molar-refractivity contribution < 1.29 is 4.74 Å². The Morgan fingerprint density at radius 3 is 2.38 bits per heavy atom. The van der Waals surface area contributed by atoms with E-state index in [2.05, 4.69) is 5.10 Å². The van der Waals surface area contributed by atoms with Crippen molar-refractivity contribution in [2.24, 2.45) is 7.05 Å². The molecule has 84 valence electrons. The second-order valence-corrected chi connectivity index (χ2v) is 3.30. The van der Waals surface area contributed by atoms with Gasteiger partial charge in [-0.15, -0.1) is 5.10 Å². The highest BCUT2D eigenvalue weighted by atomic mass is 16.5. The number of hydrogen-bond acceptors (Lipinski definition) is 4. The van der Waals surface area contributed by atoms with E-state index >= 15 is 0 Å². The van der Waals surface area contributed by atoms with Crippen LogP contribution in [-0.4, -0.2) is 21.5 Å². The van der Waals surface area contributed by atoms with Gasteiger partial charge in [0.25, 0.3) is 0 Å². The van der Waals surface area contributed by atoms with E-state index in [-0.39, 0.29) is 11.6 Å². The lowest BCUT2D eigenvalue weighted by Crippen LogP contribution is -2.21. The average molecular weight is 220 g/mol. The molecule has 2 aromatic rings. The Hall–Kier alpha value is -2.24. The quantitative estimate of drug-likeness (QED) is 0.782. The number of rotatable bonds is 2. The Labute approximate surface area is 91.9 Å². The van der Waals surface area contributed by atoms with Crippen molar-refractivity contribution in [3.8, 4) is 11.4 Å². The summed E-state index contributed by atoms with van der Waals surface area (Å²) in [5, 5.41) is 3.84. The summed E-state index contributed by atoms with van der Waals surface area (Å²) >= 11 is 0. The van der Waals surface area contributed by atoms with Gasteiger partial charge in [-0.3, -0.25) is 0 Å². The summed E-state index contributed by atoms with van der Waals surface area (Å²) in [6, 6.07) is 7.01. The van der Waals surface area contributed by atoms with E-state index in [1.54, 1.807) is 38.4 Å². The van der Waals surface area contributed by atoms with Gasteiger partial charge in [0, 0.05) is 7.05 Å². The maximum Gasteiger partial charge on any atom is 0.351 e. The lowest BCUT2D eigenvalue weighted by molar-refractivity contribution is 0.414. The van der Waals surface area contributed by atoms with Gasteiger partial charge in [-0.1, -0.05) is 0 Å². The van der Waals surface area contributed by atoms with Gasteiger partial charge in [-0.2, -0.15) is 0 Å². The molecule has 0 aliphatic rings. The lowest BCUT2D eigenvalue weighted by Gasteiger charge is -2.03. The minimum atomic E-state index is -0.275. The molecule has 1 aromatic carbocycles. The molecule has 16 heavy (non-hydrogen) atoms. The van der Waals surface area contributed by atoms with Crippen molar-refractivity contribution in [2.75, 3.05) is 12.8 Å². The Morgan fingerprint density at radius 1 is 1.31 bits per heavy atom. The Bertz CT molecular complexity index is 553. The second kappa shape index (κ2) is 3.73. The normalized spacial score (nSPS) is 10.4. The molecule has 6 nitrogen and oxygen atoms in total. The molecule has 0 radical (unpaired) electrons. The molecule has 2 rings (SSSR count). The summed E-state index contributed by atoms with van der Waals surface area (Å²) in [6.07, 6.45) is 0. The second-order valence-electron chi connectivity index (χ2n) is 3.30. The SMILES string of the molecule is COc1ccc(-n2c(N)nn(C)c2=O)cc1. The van der Waals surface area contributed by atoms with Gasteiger partial charge in [0.15, 0.2) is 0 Å². The van der Waals surface area contributed by atoms with Crippen LogP contribution in [0.25, 0.3) is 5.69 Å². The summed E-state index contributed by atoms with van der Waals surface area (Å²) in [7, 11) is 3.14. The molecule has 1 aromatic heterocycles. The van der Waals surface area contributed by atoms with Crippen LogP contribution in [0.4, 0.5) is 5.95 Å². The van der Waals surface area contributed by atoms with Crippen LogP contribution < -0.4 is 16.2 Å². The van der Waals surface area contributed by atoms with Crippen LogP contribution in [0.2, 0.25) is 0 Å². The Morgan fingerprint density at radius 2 is 1.94 bits per heavy atom. The zero-order chi connectivity index (χ0) is 11.7. The molecule has 0 unspecified atom stereocenters. The number of methoxy groups -OCH3 is 1. The molecule has 0 atom stereocenters. The van der Waals surface area contributed by atoms with Gasteiger partial charge >= 0.3 is 5.69 Å². The highest BCUT2D eigenvalue weighted by Crippen LogP contribution is 2.14. The number of aryl methyl sites for hydroxylation is 1. The van der Waals surface area contributed by atoms with Gasteiger partial charge in [-0.25, -0.2) is 14.0 Å². The van der Waals surface area contributed by atoms with Crippen LogP contribution in [0.3, 0.4) is 0 Å². The highest BCUT2D eigenvalue weighted by molar-refractivity contribution is 5.41. The van der Waals surface area contributed by atoms with Crippen molar-refractivity contribution in [2.45, 2.75) is 0 Å². The van der Waals surface area contributed by atoms with Crippen LogP contribution in [0.5, 0.6) is 5.75 Å². The standard InChI is InChI=1S/C10H12N4O2/c1-13-10(15)14(9(11)12-13)7-3-5-8(16-2)6-4-7/h3-6H,1-2H3,(H2,11,12). The molecule has 0 bridgehead atoms.